The highest BCUT2D eigenvalue weighted by Crippen LogP contribution is 2.29. The van der Waals surface area contributed by atoms with Gasteiger partial charge in [0.25, 0.3) is 0 Å². The van der Waals surface area contributed by atoms with Gasteiger partial charge in [0.2, 0.25) is 0 Å². The Morgan fingerprint density at radius 2 is 1.90 bits per heavy atom. The molecule has 7 nitrogen and oxygen atoms in total. The molecule has 0 aromatic heterocycles. The first kappa shape index (κ1) is 19.0. The molecule has 2 aliphatic rings. The fraction of sp³-hybridized carbons (Fsp3) is 0.227. The van der Waals surface area contributed by atoms with Gasteiger partial charge in [-0.15, -0.1) is 0 Å². The summed E-state index contributed by atoms with van der Waals surface area (Å²) in [6, 6.07) is 15.3. The lowest BCUT2D eigenvalue weighted by Gasteiger charge is -2.29. The monoisotopic (exact) mass is 391 g/mol. The minimum atomic E-state index is -0.251. The summed E-state index contributed by atoms with van der Waals surface area (Å²) in [4.78, 5) is 14.2. The second-order valence-electron chi connectivity index (χ2n) is 6.97. The molecule has 1 unspecified atom stereocenters. The van der Waals surface area contributed by atoms with Gasteiger partial charge in [-0.25, -0.2) is 4.79 Å². The van der Waals surface area contributed by atoms with Crippen LogP contribution in [0.25, 0.3) is 5.70 Å². The van der Waals surface area contributed by atoms with Gasteiger partial charge in [-0.3, -0.25) is 4.90 Å². The van der Waals surface area contributed by atoms with E-state index in [0.717, 1.165) is 40.3 Å². The van der Waals surface area contributed by atoms with Crippen LogP contribution >= 0.6 is 0 Å². The van der Waals surface area contributed by atoms with Crippen molar-refractivity contribution >= 4 is 17.4 Å². The molecule has 2 heterocycles. The van der Waals surface area contributed by atoms with Gasteiger partial charge in [0.1, 0.15) is 11.9 Å². The van der Waals surface area contributed by atoms with Crippen LogP contribution in [0.5, 0.6) is 5.75 Å². The number of fused-ring (bicyclic) bond motifs is 1. The van der Waals surface area contributed by atoms with E-state index in [1.54, 1.807) is 4.90 Å². The Bertz CT molecular complexity index is 952. The van der Waals surface area contributed by atoms with Crippen molar-refractivity contribution in [3.05, 3.63) is 77.5 Å². The summed E-state index contributed by atoms with van der Waals surface area (Å²) in [7, 11) is 0. The van der Waals surface area contributed by atoms with E-state index in [1.807, 2.05) is 60.8 Å². The Morgan fingerprint density at radius 1 is 1.07 bits per heavy atom. The second kappa shape index (κ2) is 8.38. The van der Waals surface area contributed by atoms with Crippen LogP contribution in [-0.4, -0.2) is 25.3 Å². The Labute approximate surface area is 170 Å². The number of nitrogens with two attached hydrogens (primary N) is 2. The zero-order valence-corrected chi connectivity index (χ0v) is 16.1. The SMILES string of the molecule is NCCCOc1cccc(C2=CC3=CN(c4ccc(CN)cc4)C(=O)NC3N2)c1. The Balaban J connectivity index is 1.55. The van der Waals surface area contributed by atoms with Gasteiger partial charge in [-0.1, -0.05) is 24.3 Å². The molecule has 0 saturated heterocycles. The van der Waals surface area contributed by atoms with Crippen molar-refractivity contribution in [3.63, 3.8) is 0 Å². The van der Waals surface area contributed by atoms with Crippen molar-refractivity contribution in [2.45, 2.75) is 19.1 Å². The standard InChI is InChI=1S/C22H25N5O2/c23-9-2-10-29-19-4-1-3-16(11-19)20-12-17-14-27(22(28)26-21(17)25-20)18-7-5-15(13-24)6-8-18/h1,3-8,11-12,14,21,25H,2,9-10,13,23-24H2,(H,26,28). The lowest BCUT2D eigenvalue weighted by atomic mass is 10.1. The van der Waals surface area contributed by atoms with Gasteiger partial charge in [0.05, 0.1) is 12.3 Å². The molecule has 2 amide bonds. The molecule has 0 bridgehead atoms. The number of carbonyl (C=O) groups is 1. The van der Waals surface area contributed by atoms with E-state index >= 15 is 0 Å². The average molecular weight is 391 g/mol. The van der Waals surface area contributed by atoms with E-state index in [1.165, 1.54) is 0 Å². The quantitative estimate of drug-likeness (QED) is 0.542. The predicted octanol–water partition coefficient (Wildman–Crippen LogP) is 2.26. The number of nitrogens with one attached hydrogen (secondary N) is 2. The van der Waals surface area contributed by atoms with Gasteiger partial charge in [0, 0.05) is 29.6 Å². The highest BCUT2D eigenvalue weighted by molar-refractivity contribution is 5.96. The third-order valence-electron chi connectivity index (χ3n) is 4.92. The van der Waals surface area contributed by atoms with Gasteiger partial charge >= 0.3 is 6.03 Å². The fourth-order valence-corrected chi connectivity index (χ4v) is 3.34. The van der Waals surface area contributed by atoms with Gasteiger partial charge in [-0.2, -0.15) is 0 Å². The molecule has 0 spiro atoms. The number of benzene rings is 2. The van der Waals surface area contributed by atoms with Gasteiger partial charge < -0.3 is 26.8 Å². The number of rotatable bonds is 7. The number of hydrogen-bond acceptors (Lipinski definition) is 5. The highest BCUT2D eigenvalue weighted by Gasteiger charge is 2.31. The van der Waals surface area contributed by atoms with Crippen molar-refractivity contribution in [1.29, 1.82) is 0 Å². The number of urea groups is 1. The van der Waals surface area contributed by atoms with E-state index < -0.39 is 0 Å². The maximum Gasteiger partial charge on any atom is 0.327 e. The number of carbonyl (C=O) groups excluding carboxylic acids is 1. The molecular weight excluding hydrogens is 366 g/mol. The zero-order valence-electron chi connectivity index (χ0n) is 16.1. The first-order valence-electron chi connectivity index (χ1n) is 9.70. The van der Waals surface area contributed by atoms with Gasteiger partial charge in [0.15, 0.2) is 0 Å². The van der Waals surface area contributed by atoms with Gasteiger partial charge in [-0.05, 0) is 48.9 Å². The van der Waals surface area contributed by atoms with Crippen molar-refractivity contribution < 1.29 is 9.53 Å². The van der Waals surface area contributed by atoms with Crippen LogP contribution in [-0.2, 0) is 6.54 Å². The van der Waals surface area contributed by atoms with Crippen molar-refractivity contribution in [1.82, 2.24) is 10.6 Å². The lowest BCUT2D eigenvalue weighted by molar-refractivity contribution is 0.244. The van der Waals surface area contributed by atoms with Crippen LogP contribution in [0, 0.1) is 0 Å². The third kappa shape index (κ3) is 4.11. The maximum absolute atomic E-state index is 12.6. The third-order valence-corrected chi connectivity index (χ3v) is 4.92. The molecule has 7 heteroatoms. The smallest absolute Gasteiger partial charge is 0.327 e. The molecule has 0 saturated carbocycles. The minimum absolute atomic E-state index is 0.180. The summed E-state index contributed by atoms with van der Waals surface area (Å²) in [5, 5.41) is 6.36. The van der Waals surface area contributed by atoms with Crippen LogP contribution in [0.2, 0.25) is 0 Å². The van der Waals surface area contributed by atoms with Crippen LogP contribution in [0.1, 0.15) is 17.5 Å². The van der Waals surface area contributed by atoms with E-state index in [2.05, 4.69) is 10.6 Å². The van der Waals surface area contributed by atoms with Crippen molar-refractivity contribution in [2.75, 3.05) is 18.1 Å². The molecule has 150 valence electrons. The molecule has 4 rings (SSSR count). The molecule has 29 heavy (non-hydrogen) atoms. The molecule has 0 fully saturated rings. The Hall–Kier alpha value is -3.29. The Morgan fingerprint density at radius 3 is 2.66 bits per heavy atom. The molecule has 0 aliphatic carbocycles. The van der Waals surface area contributed by atoms with E-state index in [0.29, 0.717) is 19.7 Å². The summed E-state index contributed by atoms with van der Waals surface area (Å²) in [5.41, 5.74) is 15.9. The number of ether oxygens (including phenoxy) is 1. The predicted molar refractivity (Wildman–Crippen MR) is 114 cm³/mol. The van der Waals surface area contributed by atoms with Crippen LogP contribution in [0.3, 0.4) is 0 Å². The van der Waals surface area contributed by atoms with Crippen molar-refractivity contribution in [2.24, 2.45) is 11.5 Å². The van der Waals surface area contributed by atoms with Crippen LogP contribution in [0.15, 0.2) is 66.4 Å². The molecule has 2 aromatic carbocycles. The maximum atomic E-state index is 12.6. The number of hydrogen-bond donors (Lipinski definition) is 4. The van der Waals surface area contributed by atoms with Crippen LogP contribution < -0.4 is 31.7 Å². The van der Waals surface area contributed by atoms with E-state index in [-0.39, 0.29) is 12.2 Å². The summed E-state index contributed by atoms with van der Waals surface area (Å²) in [6.45, 7) is 1.67. The number of amides is 2. The molecule has 1 atom stereocenters. The average Bonchev–Trinajstić information content (AvgIpc) is 3.16. The minimum Gasteiger partial charge on any atom is -0.494 e. The molecule has 6 N–H and O–H groups in total. The Kier molecular flexibility index (Phi) is 5.50. The lowest BCUT2D eigenvalue weighted by Crippen LogP contribution is -2.51. The zero-order chi connectivity index (χ0) is 20.2. The second-order valence-corrected chi connectivity index (χ2v) is 6.97. The summed E-state index contributed by atoms with van der Waals surface area (Å²) in [6.07, 6.45) is 4.47. The van der Waals surface area contributed by atoms with Crippen LogP contribution in [0.4, 0.5) is 10.5 Å². The summed E-state index contributed by atoms with van der Waals surface area (Å²) >= 11 is 0. The fourth-order valence-electron chi connectivity index (χ4n) is 3.34. The van der Waals surface area contributed by atoms with Crippen molar-refractivity contribution in [3.8, 4) is 5.75 Å². The highest BCUT2D eigenvalue weighted by atomic mass is 16.5. The van der Waals surface area contributed by atoms with E-state index in [4.69, 9.17) is 16.2 Å². The topological polar surface area (TPSA) is 106 Å². The summed E-state index contributed by atoms with van der Waals surface area (Å²) in [5.74, 6) is 0.799. The van der Waals surface area contributed by atoms with E-state index in [9.17, 15) is 4.79 Å². The number of nitrogens with zero attached hydrogens (tertiary/aromatic N) is 1. The number of anilines is 1. The summed E-state index contributed by atoms with van der Waals surface area (Å²) < 4.78 is 5.74. The molecule has 2 aliphatic heterocycles. The first-order chi connectivity index (χ1) is 14.2. The largest absolute Gasteiger partial charge is 0.494 e. The molecular formula is C22H25N5O2. The first-order valence-corrected chi connectivity index (χ1v) is 9.70. The normalized spacial score (nSPS) is 17.8. The molecule has 0 radical (unpaired) electrons. The molecule has 2 aromatic rings.